The van der Waals surface area contributed by atoms with Crippen molar-refractivity contribution < 1.29 is 18.9 Å². The van der Waals surface area contributed by atoms with Gasteiger partial charge in [-0.25, -0.2) is 0 Å². The predicted molar refractivity (Wildman–Crippen MR) is 50.6 cm³/mol. The van der Waals surface area contributed by atoms with Gasteiger partial charge in [0.25, 0.3) is 0 Å². The van der Waals surface area contributed by atoms with E-state index < -0.39 is 0 Å². The molecule has 0 rings (SSSR count). The van der Waals surface area contributed by atoms with Crippen LogP contribution in [0, 0.1) is 24.7 Å². The van der Waals surface area contributed by atoms with Gasteiger partial charge in [-0.05, 0) is 0 Å². The second kappa shape index (κ2) is 7.70. The van der Waals surface area contributed by atoms with Crippen molar-refractivity contribution in [1.29, 1.82) is 0 Å². The highest BCUT2D eigenvalue weighted by Gasteiger charge is 2.10. The van der Waals surface area contributed by atoms with Crippen LogP contribution >= 0.6 is 0 Å². The van der Waals surface area contributed by atoms with E-state index in [-0.39, 0.29) is 25.1 Å². The van der Waals surface area contributed by atoms with E-state index in [2.05, 4.69) is 11.8 Å². The number of hydrogen-bond donors (Lipinski definition) is 0. The summed E-state index contributed by atoms with van der Waals surface area (Å²) < 4.78 is 19.7. The van der Waals surface area contributed by atoms with Crippen molar-refractivity contribution >= 4 is 0 Å². The number of hydrogen-bond acceptors (Lipinski definition) is 4. The molecule has 0 aliphatic rings. The van der Waals surface area contributed by atoms with Gasteiger partial charge in [-0.15, -0.1) is 12.8 Å². The van der Waals surface area contributed by atoms with Crippen LogP contribution in [0.2, 0.25) is 0 Å². The second-order valence-electron chi connectivity index (χ2n) is 1.97. The Morgan fingerprint density at radius 3 is 1.50 bits per heavy atom. The molecule has 0 saturated heterocycles. The van der Waals surface area contributed by atoms with Crippen molar-refractivity contribution in [2.45, 2.75) is 0 Å². The Bertz CT molecular complexity index is 239. The van der Waals surface area contributed by atoms with Gasteiger partial charge in [-0.2, -0.15) is 0 Å². The van der Waals surface area contributed by atoms with Gasteiger partial charge in [0.1, 0.15) is 0 Å². The Morgan fingerprint density at radius 2 is 1.29 bits per heavy atom. The monoisotopic (exact) mass is 196 g/mol. The molecule has 0 unspecified atom stereocenters. The largest absolute Gasteiger partial charge is 0.464 e. The van der Waals surface area contributed by atoms with Crippen molar-refractivity contribution in [3.05, 3.63) is 11.9 Å². The van der Waals surface area contributed by atoms with Gasteiger partial charge in [0, 0.05) is 0 Å². The molecule has 0 fully saturated rings. The lowest BCUT2D eigenvalue weighted by Crippen LogP contribution is -2.05. The third-order valence-electron chi connectivity index (χ3n) is 1.11. The molecule has 0 radical (unpaired) electrons. The van der Waals surface area contributed by atoms with Crippen LogP contribution in [-0.4, -0.2) is 27.4 Å². The molecule has 0 aromatic carbocycles. The quantitative estimate of drug-likeness (QED) is 0.463. The van der Waals surface area contributed by atoms with Gasteiger partial charge in [0.2, 0.25) is 0 Å². The highest BCUT2D eigenvalue weighted by Crippen LogP contribution is 2.09. The first kappa shape index (κ1) is 12.1. The smallest absolute Gasteiger partial charge is 0.364 e. The lowest BCUT2D eigenvalue weighted by molar-refractivity contribution is -0.00686. The Labute approximate surface area is 83.8 Å². The topological polar surface area (TPSA) is 36.9 Å². The molecule has 0 aromatic heterocycles. The third-order valence-corrected chi connectivity index (χ3v) is 1.11. The maximum atomic E-state index is 5.01. The molecular formula is C10H12O4. The van der Waals surface area contributed by atoms with Gasteiger partial charge in [0.05, 0.1) is 14.2 Å². The Hall–Kier alpha value is -1.94. The van der Waals surface area contributed by atoms with Crippen LogP contribution in [-0.2, 0) is 18.9 Å². The van der Waals surface area contributed by atoms with Crippen molar-refractivity contribution in [3.8, 4) is 24.7 Å². The highest BCUT2D eigenvalue weighted by atomic mass is 16.7. The maximum absolute atomic E-state index is 5.01. The molecule has 0 aromatic rings. The zero-order chi connectivity index (χ0) is 10.8. The van der Waals surface area contributed by atoms with Gasteiger partial charge in [-0.3, -0.25) is 0 Å². The van der Waals surface area contributed by atoms with Crippen molar-refractivity contribution in [2.24, 2.45) is 0 Å². The summed E-state index contributed by atoms with van der Waals surface area (Å²) in [5.74, 6) is 4.70. The molecule has 0 amide bonds. The third kappa shape index (κ3) is 4.18. The average molecular weight is 196 g/mol. The van der Waals surface area contributed by atoms with Gasteiger partial charge in [-0.1, -0.05) is 11.8 Å². The Balaban J connectivity index is 4.41. The van der Waals surface area contributed by atoms with Crippen LogP contribution in [0.1, 0.15) is 0 Å². The minimum atomic E-state index is 0.0649. The van der Waals surface area contributed by atoms with Crippen LogP contribution < -0.4 is 0 Å². The summed E-state index contributed by atoms with van der Waals surface area (Å²) in [5.41, 5.74) is 0. The minimum Gasteiger partial charge on any atom is -0.464 e. The van der Waals surface area contributed by atoms with Crippen molar-refractivity contribution in [3.63, 3.8) is 0 Å². The molecular weight excluding hydrogens is 184 g/mol. The molecule has 4 heteroatoms. The summed E-state index contributed by atoms with van der Waals surface area (Å²) in [5, 5.41) is 0. The molecule has 14 heavy (non-hydrogen) atoms. The molecule has 0 N–H and O–H groups in total. The first-order chi connectivity index (χ1) is 6.79. The number of rotatable bonds is 6. The fourth-order valence-electron chi connectivity index (χ4n) is 0.617. The first-order valence-electron chi connectivity index (χ1n) is 3.74. The van der Waals surface area contributed by atoms with Gasteiger partial charge >= 0.3 is 11.9 Å². The van der Waals surface area contributed by atoms with Crippen LogP contribution in [0.15, 0.2) is 11.9 Å². The molecule has 0 atom stereocenters. The van der Waals surface area contributed by atoms with Crippen molar-refractivity contribution in [2.75, 3.05) is 27.4 Å². The summed E-state index contributed by atoms with van der Waals surface area (Å²) in [6.07, 6.45) is 10.0. The first-order valence-corrected chi connectivity index (χ1v) is 3.74. The van der Waals surface area contributed by atoms with E-state index in [4.69, 9.17) is 31.8 Å². The van der Waals surface area contributed by atoms with E-state index in [0.717, 1.165) is 0 Å². The second-order valence-corrected chi connectivity index (χ2v) is 1.97. The zero-order valence-corrected chi connectivity index (χ0v) is 8.20. The van der Waals surface area contributed by atoms with Gasteiger partial charge < -0.3 is 18.9 Å². The zero-order valence-electron chi connectivity index (χ0n) is 8.20. The minimum absolute atomic E-state index is 0.0649. The fraction of sp³-hybridized carbons (Fsp3) is 0.400. The van der Waals surface area contributed by atoms with Crippen LogP contribution in [0.3, 0.4) is 0 Å². The molecule has 0 bridgehead atoms. The van der Waals surface area contributed by atoms with Crippen LogP contribution in [0.5, 0.6) is 0 Å². The molecule has 0 heterocycles. The van der Waals surface area contributed by atoms with E-state index >= 15 is 0 Å². The van der Waals surface area contributed by atoms with Crippen molar-refractivity contribution in [1.82, 2.24) is 0 Å². The van der Waals surface area contributed by atoms with E-state index in [1.165, 1.54) is 14.2 Å². The fourth-order valence-corrected chi connectivity index (χ4v) is 0.617. The normalized spacial score (nSPS) is 10.3. The molecule has 0 aliphatic carbocycles. The molecule has 4 nitrogen and oxygen atoms in total. The maximum Gasteiger partial charge on any atom is 0.364 e. The van der Waals surface area contributed by atoms with Crippen LogP contribution in [0.4, 0.5) is 0 Å². The van der Waals surface area contributed by atoms with Gasteiger partial charge in [0.15, 0.2) is 13.2 Å². The standard InChI is InChI=1S/C10H12O4/c1-5-7-13-9(11-3)10(12-4)14-8-6-2/h1-2H,7-8H2,3-4H3/b10-9-. The SMILES string of the molecule is C#CCO/C(OC)=C(/OC)OCC#C. The summed E-state index contributed by atoms with van der Waals surface area (Å²) in [4.78, 5) is 0. The summed E-state index contributed by atoms with van der Waals surface area (Å²) in [6, 6.07) is 0. The Morgan fingerprint density at radius 1 is 0.929 bits per heavy atom. The van der Waals surface area contributed by atoms with E-state index in [0.29, 0.717) is 0 Å². The van der Waals surface area contributed by atoms with E-state index in [1.54, 1.807) is 0 Å². The summed E-state index contributed by atoms with van der Waals surface area (Å²) >= 11 is 0. The molecule has 76 valence electrons. The average Bonchev–Trinajstić information content (AvgIpc) is 2.23. The van der Waals surface area contributed by atoms with E-state index in [1.807, 2.05) is 0 Å². The number of methoxy groups -OCH3 is 2. The lowest BCUT2D eigenvalue weighted by atomic mass is 10.7. The summed E-state index contributed by atoms with van der Waals surface area (Å²) in [7, 11) is 2.81. The van der Waals surface area contributed by atoms with Crippen LogP contribution in [0.25, 0.3) is 0 Å². The van der Waals surface area contributed by atoms with E-state index in [9.17, 15) is 0 Å². The molecule has 0 spiro atoms. The molecule has 0 aliphatic heterocycles. The number of ether oxygens (including phenoxy) is 4. The lowest BCUT2D eigenvalue weighted by Gasteiger charge is -2.11. The predicted octanol–water partition coefficient (Wildman–Crippen LogP) is 0.705. The number of terminal acetylenes is 2. The Kier molecular flexibility index (Phi) is 6.63. The summed E-state index contributed by atoms with van der Waals surface area (Å²) in [6.45, 7) is 0.130. The highest BCUT2D eigenvalue weighted by molar-refractivity contribution is 4.93. The molecule has 0 saturated carbocycles.